The van der Waals surface area contributed by atoms with Crippen molar-refractivity contribution in [3.05, 3.63) is 29.8 Å². The van der Waals surface area contributed by atoms with Gasteiger partial charge in [-0.3, -0.25) is 4.79 Å². The number of hydrogen-bond acceptors (Lipinski definition) is 4. The molecule has 3 N–H and O–H groups in total. The first kappa shape index (κ1) is 17.4. The molecular weight excluding hydrogens is 342 g/mol. The van der Waals surface area contributed by atoms with Crippen LogP contribution in [0.1, 0.15) is 32.1 Å². The molecule has 8 heteroatoms. The average Bonchev–Trinajstić information content (AvgIpc) is 2.56. The van der Waals surface area contributed by atoms with E-state index < -0.39 is 41.3 Å². The predicted octanol–water partition coefficient (Wildman–Crippen LogP) is 2.10. The lowest BCUT2D eigenvalue weighted by atomic mass is 9.60. The number of hydrogen-bond donors (Lipinski definition) is 2. The van der Waals surface area contributed by atoms with E-state index in [-0.39, 0.29) is 5.75 Å². The Balaban J connectivity index is 1.63. The molecule has 3 aliphatic carbocycles. The zero-order valence-electron chi connectivity index (χ0n) is 13.0. The Hall–Kier alpha value is -1.44. The zero-order valence-corrected chi connectivity index (χ0v) is 13.7. The molecule has 1 unspecified atom stereocenters. The molecule has 5 nitrogen and oxygen atoms in total. The van der Waals surface area contributed by atoms with E-state index >= 15 is 0 Å². The molecule has 0 aliphatic heterocycles. The molecule has 4 rings (SSSR count). The number of aliphatic hydroxyl groups excluding tert-OH is 1. The number of fused-ring (bicyclic) bond motifs is 3. The minimum absolute atomic E-state index is 0.0399. The summed E-state index contributed by atoms with van der Waals surface area (Å²) in [5.74, 6) is -2.50. The van der Waals surface area contributed by atoms with Crippen LogP contribution in [-0.2, 0) is 4.79 Å². The molecule has 0 spiro atoms. The van der Waals surface area contributed by atoms with Gasteiger partial charge in [0.2, 0.25) is 0 Å². The zero-order chi connectivity index (χ0) is 17.5. The van der Waals surface area contributed by atoms with Gasteiger partial charge in [0.05, 0.1) is 11.6 Å². The number of rotatable bonds is 4. The third-order valence-electron chi connectivity index (χ3n) is 5.24. The topological polar surface area (TPSA) is 75.8 Å². The van der Waals surface area contributed by atoms with Gasteiger partial charge in [-0.05, 0) is 44.2 Å². The summed E-state index contributed by atoms with van der Waals surface area (Å²) in [5.41, 5.74) is 4.91. The number of halogens is 3. The number of carbonyl (C=O) groups excluding carboxylic acids is 1. The van der Waals surface area contributed by atoms with Gasteiger partial charge in [0.25, 0.3) is 5.91 Å². The van der Waals surface area contributed by atoms with Gasteiger partial charge >= 0.3 is 0 Å². The van der Waals surface area contributed by atoms with Crippen molar-refractivity contribution < 1.29 is 23.4 Å². The smallest absolute Gasteiger partial charge is 0.275 e. The minimum Gasteiger partial charge on any atom is -0.484 e. The molecular formula is C16H19ClF2N2O3. The highest BCUT2D eigenvalue weighted by Gasteiger charge is 2.55. The summed E-state index contributed by atoms with van der Waals surface area (Å²) in [6.45, 7) is -0.403. The van der Waals surface area contributed by atoms with Crippen molar-refractivity contribution >= 4 is 17.7 Å². The summed E-state index contributed by atoms with van der Waals surface area (Å²) in [4.78, 5) is 12.3. The first-order chi connectivity index (χ1) is 11.3. The molecule has 0 saturated heterocycles. The van der Waals surface area contributed by atoms with E-state index in [0.717, 1.165) is 16.6 Å². The van der Waals surface area contributed by atoms with Crippen molar-refractivity contribution in [2.75, 3.05) is 6.61 Å². The van der Waals surface area contributed by atoms with E-state index in [4.69, 9.17) is 22.2 Å². The van der Waals surface area contributed by atoms with Crippen LogP contribution in [0.5, 0.6) is 5.75 Å². The third kappa shape index (κ3) is 2.96. The molecule has 1 aromatic rings. The van der Waals surface area contributed by atoms with Gasteiger partial charge in [0.15, 0.2) is 18.2 Å². The largest absolute Gasteiger partial charge is 0.484 e. The first-order valence-corrected chi connectivity index (χ1v) is 8.13. The van der Waals surface area contributed by atoms with Gasteiger partial charge < -0.3 is 15.6 Å². The maximum absolute atomic E-state index is 13.1. The van der Waals surface area contributed by atoms with E-state index in [1.165, 1.54) is 6.07 Å². The lowest BCUT2D eigenvalue weighted by Gasteiger charge is -2.56. The standard InChI is InChI=1S/C16H19ClF2N2O3/c17-21(15-3-5-16(20,6-4-15)13(22)8-15)14(23)9-24-10-1-2-11(18)12(19)7-10/h1-2,7,13,22H,3-6,8-9,20H2. The van der Waals surface area contributed by atoms with Crippen LogP contribution in [0.15, 0.2) is 18.2 Å². The van der Waals surface area contributed by atoms with E-state index in [2.05, 4.69) is 0 Å². The Morgan fingerprint density at radius 3 is 2.58 bits per heavy atom. The SMILES string of the molecule is NC12CCC(N(Cl)C(=O)COc3ccc(F)c(F)c3)(CC1)CC2O. The number of aliphatic hydroxyl groups is 1. The van der Waals surface area contributed by atoms with Crippen molar-refractivity contribution in [2.24, 2.45) is 5.73 Å². The molecule has 0 aromatic heterocycles. The number of nitrogens with zero attached hydrogens (tertiary/aromatic N) is 1. The van der Waals surface area contributed by atoms with Gasteiger partial charge in [-0.2, -0.15) is 0 Å². The molecule has 132 valence electrons. The first-order valence-electron chi connectivity index (χ1n) is 7.79. The number of carbonyl (C=O) groups is 1. The Labute approximate surface area is 143 Å². The molecule has 3 saturated carbocycles. The van der Waals surface area contributed by atoms with Crippen molar-refractivity contribution in [3.63, 3.8) is 0 Å². The van der Waals surface area contributed by atoms with Crippen molar-refractivity contribution in [1.82, 2.24) is 4.42 Å². The molecule has 0 heterocycles. The monoisotopic (exact) mass is 360 g/mol. The highest BCUT2D eigenvalue weighted by Crippen LogP contribution is 2.49. The van der Waals surface area contributed by atoms with Crippen molar-refractivity contribution in [3.8, 4) is 5.75 Å². The van der Waals surface area contributed by atoms with E-state index in [9.17, 15) is 18.7 Å². The normalized spacial score (nSPS) is 31.8. The molecule has 1 atom stereocenters. The fourth-order valence-corrected chi connectivity index (χ4v) is 3.88. The molecule has 3 aliphatic rings. The number of benzene rings is 1. The second-order valence-electron chi connectivity index (χ2n) is 6.72. The van der Waals surface area contributed by atoms with Crippen molar-refractivity contribution in [2.45, 2.75) is 49.3 Å². The van der Waals surface area contributed by atoms with Crippen LogP contribution >= 0.6 is 11.8 Å². The molecule has 1 amide bonds. The second-order valence-corrected chi connectivity index (χ2v) is 7.05. The highest BCUT2D eigenvalue weighted by molar-refractivity contribution is 6.22. The molecule has 2 bridgehead atoms. The fraction of sp³-hybridized carbons (Fsp3) is 0.562. The van der Waals surface area contributed by atoms with Crippen molar-refractivity contribution in [1.29, 1.82) is 0 Å². The minimum atomic E-state index is -1.05. The van der Waals surface area contributed by atoms with Crippen LogP contribution in [0.25, 0.3) is 0 Å². The predicted molar refractivity (Wildman–Crippen MR) is 83.3 cm³/mol. The lowest BCUT2D eigenvalue weighted by Crippen LogP contribution is -2.67. The molecule has 24 heavy (non-hydrogen) atoms. The Bertz CT molecular complexity index is 650. The van der Waals surface area contributed by atoms with Gasteiger partial charge in [-0.15, -0.1) is 0 Å². The van der Waals surface area contributed by atoms with Crippen LogP contribution < -0.4 is 10.5 Å². The maximum Gasteiger partial charge on any atom is 0.275 e. The average molecular weight is 361 g/mol. The number of ether oxygens (including phenoxy) is 1. The van der Waals surface area contributed by atoms with Gasteiger partial charge in [0.1, 0.15) is 5.75 Å². The van der Waals surface area contributed by atoms with Gasteiger partial charge in [-0.25, -0.2) is 13.2 Å². The summed E-state index contributed by atoms with van der Waals surface area (Å²) >= 11 is 6.24. The second kappa shape index (κ2) is 6.13. The quantitative estimate of drug-likeness (QED) is 0.806. The Morgan fingerprint density at radius 2 is 2.00 bits per heavy atom. The van der Waals surface area contributed by atoms with Crippen LogP contribution in [0.2, 0.25) is 0 Å². The summed E-state index contributed by atoms with van der Waals surface area (Å²) in [7, 11) is 0. The fourth-order valence-electron chi connectivity index (χ4n) is 3.59. The highest BCUT2D eigenvalue weighted by atomic mass is 35.5. The van der Waals surface area contributed by atoms with Crippen LogP contribution in [0, 0.1) is 11.6 Å². The maximum atomic E-state index is 13.1. The van der Waals surface area contributed by atoms with Crippen LogP contribution in [-0.4, -0.2) is 39.2 Å². The molecule has 0 radical (unpaired) electrons. The Kier molecular flexibility index (Phi) is 4.44. The lowest BCUT2D eigenvalue weighted by molar-refractivity contribution is -0.141. The van der Waals surface area contributed by atoms with Crippen LogP contribution in [0.4, 0.5) is 8.78 Å². The number of amides is 1. The summed E-state index contributed by atoms with van der Waals surface area (Å²) in [6, 6.07) is 3.02. The van der Waals surface area contributed by atoms with E-state index in [0.29, 0.717) is 32.1 Å². The summed E-state index contributed by atoms with van der Waals surface area (Å²) < 4.78 is 32.3. The third-order valence-corrected chi connectivity index (χ3v) is 5.78. The van der Waals surface area contributed by atoms with Gasteiger partial charge in [-0.1, -0.05) is 0 Å². The Morgan fingerprint density at radius 1 is 1.33 bits per heavy atom. The summed E-state index contributed by atoms with van der Waals surface area (Å²) in [5, 5.41) is 10.2. The molecule has 1 aromatic carbocycles. The van der Waals surface area contributed by atoms with E-state index in [1.807, 2.05) is 0 Å². The summed E-state index contributed by atoms with van der Waals surface area (Å²) in [6.07, 6.45) is 2.02. The molecule has 3 fully saturated rings. The van der Waals surface area contributed by atoms with Crippen LogP contribution in [0.3, 0.4) is 0 Å². The number of nitrogens with two attached hydrogens (primary N) is 1. The van der Waals surface area contributed by atoms with E-state index in [1.54, 1.807) is 0 Å². The van der Waals surface area contributed by atoms with Gasteiger partial charge in [0, 0.05) is 23.4 Å².